The van der Waals surface area contributed by atoms with Crippen LogP contribution in [-0.4, -0.2) is 43.2 Å². The molecule has 9 nitrogen and oxygen atoms in total. The van der Waals surface area contributed by atoms with Crippen LogP contribution in [0.25, 0.3) is 0 Å². The quantitative estimate of drug-likeness (QED) is 0.526. The average Bonchev–Trinajstić information content (AvgIpc) is 2.68. The Labute approximate surface area is 176 Å². The van der Waals surface area contributed by atoms with E-state index in [1.807, 2.05) is 0 Å². The van der Waals surface area contributed by atoms with Crippen LogP contribution in [0.2, 0.25) is 0 Å². The summed E-state index contributed by atoms with van der Waals surface area (Å²) in [5, 5.41) is 2.66. The van der Waals surface area contributed by atoms with Crippen molar-refractivity contribution in [3.05, 3.63) is 53.6 Å². The number of ether oxygens (including phenoxy) is 1. The Morgan fingerprint density at radius 1 is 1.07 bits per heavy atom. The lowest BCUT2D eigenvalue weighted by molar-refractivity contribution is -0.116. The minimum Gasteiger partial charge on any atom is -0.497 e. The van der Waals surface area contributed by atoms with Crippen LogP contribution in [0.15, 0.2) is 47.4 Å². The first-order chi connectivity index (χ1) is 13.9. The number of hydrogen-bond donors (Lipinski definition) is 3. The van der Waals surface area contributed by atoms with Crippen molar-refractivity contribution in [3.63, 3.8) is 0 Å². The Kier molecular flexibility index (Phi) is 7.59. The molecule has 164 valence electrons. The first kappa shape index (κ1) is 23.8. The van der Waals surface area contributed by atoms with E-state index in [0.717, 1.165) is 6.26 Å². The highest BCUT2D eigenvalue weighted by Gasteiger charge is 2.21. The van der Waals surface area contributed by atoms with Gasteiger partial charge in [0.1, 0.15) is 5.75 Å². The topological polar surface area (TPSA) is 131 Å². The minimum absolute atomic E-state index is 0.00636. The number of benzene rings is 2. The van der Waals surface area contributed by atoms with Gasteiger partial charge in [-0.3, -0.25) is 4.79 Å². The molecule has 0 aliphatic heterocycles. The molecule has 2 aromatic carbocycles. The van der Waals surface area contributed by atoms with Gasteiger partial charge in [0.25, 0.3) is 0 Å². The number of nitrogens with one attached hydrogen (secondary N) is 3. The summed E-state index contributed by atoms with van der Waals surface area (Å²) in [5.41, 5.74) is 1.57. The number of rotatable bonds is 9. The smallest absolute Gasteiger partial charge is 0.240 e. The Morgan fingerprint density at radius 3 is 2.23 bits per heavy atom. The fourth-order valence-electron chi connectivity index (χ4n) is 2.73. The second kappa shape index (κ2) is 9.56. The van der Waals surface area contributed by atoms with Gasteiger partial charge in [-0.15, -0.1) is 0 Å². The van der Waals surface area contributed by atoms with Gasteiger partial charge in [-0.25, -0.2) is 26.3 Å². The third kappa shape index (κ3) is 6.52. The van der Waals surface area contributed by atoms with Gasteiger partial charge in [-0.1, -0.05) is 18.2 Å². The molecule has 0 bridgehead atoms. The number of aryl methyl sites for hydroxylation is 1. The zero-order valence-electron chi connectivity index (χ0n) is 17.1. The lowest BCUT2D eigenvalue weighted by Gasteiger charge is -2.19. The van der Waals surface area contributed by atoms with E-state index in [1.54, 1.807) is 37.3 Å². The van der Waals surface area contributed by atoms with E-state index in [9.17, 15) is 21.6 Å². The fourth-order valence-corrected chi connectivity index (χ4v) is 4.22. The van der Waals surface area contributed by atoms with Crippen LogP contribution in [0, 0.1) is 6.92 Å². The average molecular weight is 456 g/mol. The van der Waals surface area contributed by atoms with Crippen LogP contribution in [0.4, 0.5) is 5.69 Å². The summed E-state index contributed by atoms with van der Waals surface area (Å²) in [6, 6.07) is 10.2. The third-order valence-corrected chi connectivity index (χ3v) is 6.45. The summed E-state index contributed by atoms with van der Waals surface area (Å²) in [5.74, 6) is 0.119. The molecule has 0 saturated heterocycles. The molecule has 0 aliphatic carbocycles. The van der Waals surface area contributed by atoms with Crippen molar-refractivity contribution in [2.75, 3.05) is 25.7 Å². The van der Waals surface area contributed by atoms with E-state index in [2.05, 4.69) is 14.8 Å². The molecule has 11 heteroatoms. The fraction of sp³-hybridized carbons (Fsp3) is 0.316. The van der Waals surface area contributed by atoms with Gasteiger partial charge < -0.3 is 10.1 Å². The number of amides is 1. The number of methoxy groups -OCH3 is 1. The van der Waals surface area contributed by atoms with E-state index in [4.69, 9.17) is 4.74 Å². The molecule has 0 unspecified atom stereocenters. The molecule has 1 amide bonds. The summed E-state index contributed by atoms with van der Waals surface area (Å²) >= 11 is 0. The highest BCUT2D eigenvalue weighted by Crippen LogP contribution is 2.24. The van der Waals surface area contributed by atoms with Gasteiger partial charge in [0.05, 0.1) is 24.3 Å². The van der Waals surface area contributed by atoms with Crippen LogP contribution in [0.5, 0.6) is 5.75 Å². The standard InChI is InChI=1S/C19H25N3O6S2/c1-13-5-10-16(30(26,27)20-2)11-17(13)21-19(23)12-18(22-29(4,24)25)14-6-8-15(28-3)9-7-14/h5-11,18,20,22H,12H2,1-4H3,(H,21,23)/t18-/m0/s1. The van der Waals surface area contributed by atoms with Gasteiger partial charge in [-0.05, 0) is 49.4 Å². The number of carbonyl (C=O) groups is 1. The lowest BCUT2D eigenvalue weighted by atomic mass is 10.0. The number of hydrogen-bond acceptors (Lipinski definition) is 6. The van der Waals surface area contributed by atoms with Crippen LogP contribution < -0.4 is 19.5 Å². The summed E-state index contributed by atoms with van der Waals surface area (Å²) in [6.07, 6.45) is 0.819. The molecule has 0 saturated carbocycles. The van der Waals surface area contributed by atoms with Crippen molar-refractivity contribution in [1.82, 2.24) is 9.44 Å². The van der Waals surface area contributed by atoms with Crippen LogP contribution in [0.3, 0.4) is 0 Å². The maximum Gasteiger partial charge on any atom is 0.240 e. The zero-order chi connectivity index (χ0) is 22.5. The molecular formula is C19H25N3O6S2. The van der Waals surface area contributed by atoms with Crippen LogP contribution >= 0.6 is 0 Å². The molecule has 2 aromatic rings. The summed E-state index contributed by atoms with van der Waals surface area (Å²) in [4.78, 5) is 12.7. The normalized spacial score (nSPS) is 12.9. The molecule has 0 aliphatic rings. The SMILES string of the molecule is CNS(=O)(=O)c1ccc(C)c(NC(=O)C[C@H](NS(C)(=O)=O)c2ccc(OC)cc2)c1. The molecule has 0 spiro atoms. The largest absolute Gasteiger partial charge is 0.497 e. The Balaban J connectivity index is 2.26. The first-order valence-corrected chi connectivity index (χ1v) is 12.3. The van der Waals surface area contributed by atoms with Gasteiger partial charge >= 0.3 is 0 Å². The Hall–Kier alpha value is -2.47. The van der Waals surface area contributed by atoms with E-state index in [-0.39, 0.29) is 11.3 Å². The van der Waals surface area contributed by atoms with Gasteiger partial charge in [0.15, 0.2) is 0 Å². The molecule has 3 N–H and O–H groups in total. The molecule has 2 rings (SSSR count). The maximum absolute atomic E-state index is 12.7. The molecule has 0 radical (unpaired) electrons. The van der Waals surface area contributed by atoms with Crippen molar-refractivity contribution in [3.8, 4) is 5.75 Å². The van der Waals surface area contributed by atoms with E-state index < -0.39 is 32.0 Å². The number of sulfonamides is 2. The van der Waals surface area contributed by atoms with Crippen molar-refractivity contribution in [1.29, 1.82) is 0 Å². The molecule has 0 aromatic heterocycles. The lowest BCUT2D eigenvalue weighted by Crippen LogP contribution is -2.30. The van der Waals surface area contributed by atoms with Crippen molar-refractivity contribution in [2.24, 2.45) is 0 Å². The van der Waals surface area contributed by atoms with Gasteiger partial charge in [0, 0.05) is 12.1 Å². The minimum atomic E-state index is -3.67. The highest BCUT2D eigenvalue weighted by molar-refractivity contribution is 7.89. The highest BCUT2D eigenvalue weighted by atomic mass is 32.2. The molecule has 0 heterocycles. The van der Waals surface area contributed by atoms with Crippen LogP contribution in [0.1, 0.15) is 23.6 Å². The van der Waals surface area contributed by atoms with E-state index in [0.29, 0.717) is 22.6 Å². The summed E-state index contributed by atoms with van der Waals surface area (Å²) in [7, 11) is -4.46. The van der Waals surface area contributed by atoms with Crippen LogP contribution in [-0.2, 0) is 24.8 Å². The Bertz CT molecular complexity index is 1110. The van der Waals surface area contributed by atoms with Gasteiger partial charge in [-0.2, -0.15) is 0 Å². The number of anilines is 1. The second-order valence-electron chi connectivity index (χ2n) is 6.65. The van der Waals surface area contributed by atoms with E-state index >= 15 is 0 Å². The van der Waals surface area contributed by atoms with E-state index in [1.165, 1.54) is 26.3 Å². The Morgan fingerprint density at radius 2 is 1.70 bits per heavy atom. The van der Waals surface area contributed by atoms with Crippen molar-refractivity contribution < 1.29 is 26.4 Å². The second-order valence-corrected chi connectivity index (χ2v) is 10.3. The van der Waals surface area contributed by atoms with Crippen molar-refractivity contribution >= 4 is 31.6 Å². The molecular weight excluding hydrogens is 430 g/mol. The predicted molar refractivity (Wildman–Crippen MR) is 114 cm³/mol. The third-order valence-electron chi connectivity index (χ3n) is 4.33. The maximum atomic E-state index is 12.7. The zero-order valence-corrected chi connectivity index (χ0v) is 18.7. The van der Waals surface area contributed by atoms with Gasteiger partial charge in [0.2, 0.25) is 26.0 Å². The number of carbonyl (C=O) groups excluding carboxylic acids is 1. The monoisotopic (exact) mass is 455 g/mol. The molecule has 30 heavy (non-hydrogen) atoms. The van der Waals surface area contributed by atoms with Crippen molar-refractivity contribution in [2.45, 2.75) is 24.3 Å². The summed E-state index contributed by atoms with van der Waals surface area (Å²) in [6.45, 7) is 1.72. The predicted octanol–water partition coefficient (Wildman–Crippen LogP) is 1.53. The summed E-state index contributed by atoms with van der Waals surface area (Å²) < 4.78 is 57.3. The molecule has 1 atom stereocenters. The first-order valence-electron chi connectivity index (χ1n) is 8.90. The molecule has 0 fully saturated rings.